The van der Waals surface area contributed by atoms with Crippen molar-refractivity contribution in [2.24, 2.45) is 0 Å². The second kappa shape index (κ2) is 2.55. The van der Waals surface area contributed by atoms with Crippen LogP contribution in [0.1, 0.15) is 0 Å². The summed E-state index contributed by atoms with van der Waals surface area (Å²) in [5.41, 5.74) is 1.87. The summed E-state index contributed by atoms with van der Waals surface area (Å²) >= 11 is 0. The Balaban J connectivity index is 2.36. The zero-order chi connectivity index (χ0) is 9.38. The highest BCUT2D eigenvalue weighted by molar-refractivity contribution is 5.83. The Morgan fingerprint density at radius 3 is 3.00 bits per heavy atom. The zero-order valence-corrected chi connectivity index (χ0v) is 6.84. The molecule has 0 amide bonds. The lowest BCUT2D eigenvalue weighted by Gasteiger charge is -1.92. The Bertz CT molecular complexity index is 552. The summed E-state index contributed by atoms with van der Waals surface area (Å²) < 4.78 is 0. The summed E-state index contributed by atoms with van der Waals surface area (Å²) in [6, 6.07) is 0. The fourth-order valence-electron chi connectivity index (χ4n) is 1.20. The number of imidazole rings is 1. The molecular weight excluding hydrogens is 184 g/mol. The largest absolute Gasteiger partial charge is 0.341 e. The van der Waals surface area contributed by atoms with Crippen molar-refractivity contribution in [1.82, 2.24) is 40.6 Å². The number of tetrazole rings is 1. The number of H-pyrrole nitrogens is 2. The number of aromatic amines is 2. The molecule has 0 saturated heterocycles. The minimum atomic E-state index is 0.418. The van der Waals surface area contributed by atoms with Crippen LogP contribution in [-0.4, -0.2) is 40.6 Å². The molecule has 68 valence electrons. The van der Waals surface area contributed by atoms with Crippen molar-refractivity contribution in [2.75, 3.05) is 0 Å². The second-order valence-electron chi connectivity index (χ2n) is 2.56. The second-order valence-corrected chi connectivity index (χ2v) is 2.56. The van der Waals surface area contributed by atoms with Gasteiger partial charge in [-0.15, -0.1) is 10.2 Å². The van der Waals surface area contributed by atoms with Gasteiger partial charge in [-0.1, -0.05) is 0 Å². The van der Waals surface area contributed by atoms with Crippen LogP contribution in [0, 0.1) is 0 Å². The van der Waals surface area contributed by atoms with Crippen molar-refractivity contribution in [2.45, 2.75) is 0 Å². The number of rotatable bonds is 1. The van der Waals surface area contributed by atoms with E-state index in [0.29, 0.717) is 22.7 Å². The first-order valence-corrected chi connectivity index (χ1v) is 3.83. The molecule has 0 radical (unpaired) electrons. The maximum Gasteiger partial charge on any atom is 0.225 e. The topological polar surface area (TPSA) is 109 Å². The lowest BCUT2D eigenvalue weighted by molar-refractivity contribution is 0.881. The molecule has 0 bridgehead atoms. The van der Waals surface area contributed by atoms with Crippen LogP contribution in [0.15, 0.2) is 12.7 Å². The Morgan fingerprint density at radius 2 is 2.14 bits per heavy atom. The first-order valence-electron chi connectivity index (χ1n) is 3.83. The van der Waals surface area contributed by atoms with Crippen LogP contribution < -0.4 is 0 Å². The van der Waals surface area contributed by atoms with Crippen LogP contribution in [0.5, 0.6) is 0 Å². The van der Waals surface area contributed by atoms with E-state index in [-0.39, 0.29) is 0 Å². The van der Waals surface area contributed by atoms with E-state index >= 15 is 0 Å². The minimum absolute atomic E-state index is 0.418. The van der Waals surface area contributed by atoms with Crippen LogP contribution >= 0.6 is 0 Å². The number of aromatic nitrogens is 8. The van der Waals surface area contributed by atoms with Gasteiger partial charge < -0.3 is 4.98 Å². The van der Waals surface area contributed by atoms with Crippen molar-refractivity contribution in [3.8, 4) is 11.5 Å². The van der Waals surface area contributed by atoms with E-state index in [2.05, 4.69) is 40.6 Å². The van der Waals surface area contributed by atoms with Gasteiger partial charge in [-0.05, 0) is 5.21 Å². The van der Waals surface area contributed by atoms with Crippen LogP contribution in [0.4, 0.5) is 0 Å². The third-order valence-electron chi connectivity index (χ3n) is 1.78. The molecule has 8 heteroatoms. The van der Waals surface area contributed by atoms with E-state index < -0.39 is 0 Å². The quantitative estimate of drug-likeness (QED) is 0.534. The van der Waals surface area contributed by atoms with Crippen molar-refractivity contribution >= 4 is 11.2 Å². The van der Waals surface area contributed by atoms with E-state index in [1.807, 2.05) is 0 Å². The third kappa shape index (κ3) is 0.873. The molecule has 0 aromatic carbocycles. The van der Waals surface area contributed by atoms with Gasteiger partial charge in [-0.3, -0.25) is 0 Å². The molecule has 0 unspecified atom stereocenters. The number of hydrogen-bond donors (Lipinski definition) is 2. The first kappa shape index (κ1) is 7.06. The summed E-state index contributed by atoms with van der Waals surface area (Å²) in [5, 5.41) is 13.5. The van der Waals surface area contributed by atoms with Crippen LogP contribution in [-0.2, 0) is 0 Å². The van der Waals surface area contributed by atoms with Crippen LogP contribution in [0.3, 0.4) is 0 Å². The van der Waals surface area contributed by atoms with Gasteiger partial charge in [-0.25, -0.2) is 15.0 Å². The number of nitrogens with one attached hydrogen (secondary N) is 2. The number of nitrogens with zero attached hydrogens (tertiary/aromatic N) is 6. The van der Waals surface area contributed by atoms with Crippen molar-refractivity contribution in [3.63, 3.8) is 0 Å². The van der Waals surface area contributed by atoms with Gasteiger partial charge in [0.15, 0.2) is 5.65 Å². The molecule has 3 heterocycles. The fraction of sp³-hybridized carbons (Fsp3) is 0. The van der Waals surface area contributed by atoms with Gasteiger partial charge >= 0.3 is 0 Å². The standard InChI is InChI=1S/C6H4N8/c1-7-3-4(6-11-13-14-12-6)8-2-10-5(3)9-1/h1-2H,(H,7,8,9,10)(H,11,12,13,14). The summed E-state index contributed by atoms with van der Waals surface area (Å²) in [6.45, 7) is 0. The van der Waals surface area contributed by atoms with E-state index in [4.69, 9.17) is 0 Å². The predicted octanol–water partition coefficient (Wildman–Crippen LogP) is -0.467. The van der Waals surface area contributed by atoms with Gasteiger partial charge in [0.05, 0.1) is 6.33 Å². The lowest BCUT2D eigenvalue weighted by Crippen LogP contribution is -1.90. The molecule has 0 fully saturated rings. The fourth-order valence-corrected chi connectivity index (χ4v) is 1.20. The van der Waals surface area contributed by atoms with E-state index in [9.17, 15) is 0 Å². The van der Waals surface area contributed by atoms with Gasteiger partial charge in [0.1, 0.15) is 17.5 Å². The molecule has 3 aromatic rings. The smallest absolute Gasteiger partial charge is 0.225 e. The molecule has 3 aromatic heterocycles. The summed E-state index contributed by atoms with van der Waals surface area (Å²) in [6.07, 6.45) is 2.96. The lowest BCUT2D eigenvalue weighted by atomic mass is 10.3. The predicted molar refractivity (Wildman–Crippen MR) is 44.9 cm³/mol. The molecule has 2 N–H and O–H groups in total. The summed E-state index contributed by atoms with van der Waals surface area (Å²) in [5.74, 6) is 0.418. The number of fused-ring (bicyclic) bond motifs is 1. The normalized spacial score (nSPS) is 10.9. The SMILES string of the molecule is c1nc(-c2nn[nH]n2)c2[nH]cnc2n1. The van der Waals surface area contributed by atoms with Crippen molar-refractivity contribution < 1.29 is 0 Å². The molecule has 8 nitrogen and oxygen atoms in total. The molecular formula is C6H4N8. The molecule has 0 saturated carbocycles. The minimum Gasteiger partial charge on any atom is -0.341 e. The first-order chi connectivity index (χ1) is 6.95. The Hall–Kier alpha value is -2.38. The molecule has 0 aliphatic heterocycles. The maximum atomic E-state index is 4.05. The monoisotopic (exact) mass is 188 g/mol. The van der Waals surface area contributed by atoms with Crippen LogP contribution in [0.2, 0.25) is 0 Å². The highest BCUT2D eigenvalue weighted by atomic mass is 15.5. The zero-order valence-electron chi connectivity index (χ0n) is 6.84. The van der Waals surface area contributed by atoms with Crippen molar-refractivity contribution in [1.29, 1.82) is 0 Å². The highest BCUT2D eigenvalue weighted by Gasteiger charge is 2.11. The molecule has 3 rings (SSSR count). The molecule has 0 spiro atoms. The Morgan fingerprint density at radius 1 is 1.14 bits per heavy atom. The average Bonchev–Trinajstić information content (AvgIpc) is 2.88. The van der Waals surface area contributed by atoms with Gasteiger partial charge in [0, 0.05) is 0 Å². The Kier molecular flexibility index (Phi) is 1.29. The summed E-state index contributed by atoms with van der Waals surface area (Å²) in [7, 11) is 0. The van der Waals surface area contributed by atoms with Crippen LogP contribution in [0.25, 0.3) is 22.7 Å². The van der Waals surface area contributed by atoms with Gasteiger partial charge in [0.25, 0.3) is 0 Å². The summed E-state index contributed by atoms with van der Waals surface area (Å²) in [4.78, 5) is 14.9. The number of hydrogen-bond acceptors (Lipinski definition) is 6. The average molecular weight is 188 g/mol. The van der Waals surface area contributed by atoms with Crippen molar-refractivity contribution in [3.05, 3.63) is 12.7 Å². The Labute approximate surface area is 76.8 Å². The van der Waals surface area contributed by atoms with E-state index in [1.54, 1.807) is 6.33 Å². The maximum absolute atomic E-state index is 4.05. The van der Waals surface area contributed by atoms with E-state index in [1.165, 1.54) is 6.33 Å². The third-order valence-corrected chi connectivity index (χ3v) is 1.78. The van der Waals surface area contributed by atoms with E-state index in [0.717, 1.165) is 0 Å². The highest BCUT2D eigenvalue weighted by Crippen LogP contribution is 2.17. The van der Waals surface area contributed by atoms with Gasteiger partial charge in [-0.2, -0.15) is 5.21 Å². The van der Waals surface area contributed by atoms with Gasteiger partial charge in [0.2, 0.25) is 5.82 Å². The molecule has 14 heavy (non-hydrogen) atoms. The molecule has 0 aliphatic rings. The molecule has 0 atom stereocenters. The molecule has 0 aliphatic carbocycles.